The van der Waals surface area contributed by atoms with Gasteiger partial charge < -0.3 is 5.32 Å². The minimum atomic E-state index is -0.664. The molecular weight excluding hydrogens is 302 g/mol. The zero-order valence-corrected chi connectivity index (χ0v) is 11.9. The Labute approximate surface area is 130 Å². The van der Waals surface area contributed by atoms with Crippen molar-refractivity contribution in [3.05, 3.63) is 81.8 Å². The second-order valence-corrected chi connectivity index (χ2v) is 4.86. The van der Waals surface area contributed by atoms with Crippen LogP contribution in [0, 0.1) is 11.6 Å². The predicted molar refractivity (Wildman–Crippen MR) is 81.5 cm³/mol. The van der Waals surface area contributed by atoms with Gasteiger partial charge in [-0.25, -0.2) is 8.78 Å². The van der Waals surface area contributed by atoms with E-state index in [1.807, 2.05) is 30.3 Å². The van der Waals surface area contributed by atoms with E-state index >= 15 is 0 Å². The smallest absolute Gasteiger partial charge is 0.274 e. The molecule has 0 unspecified atom stereocenters. The summed E-state index contributed by atoms with van der Waals surface area (Å²) in [5, 5.41) is 10.1. The molecule has 0 aliphatic rings. The number of H-pyrrole nitrogens is 1. The molecule has 1 heterocycles. The first-order valence-electron chi connectivity index (χ1n) is 6.84. The molecule has 0 spiro atoms. The summed E-state index contributed by atoms with van der Waals surface area (Å²) in [5.41, 5.74) is 0.583. The fourth-order valence-corrected chi connectivity index (χ4v) is 2.04. The minimum Gasteiger partial charge on any atom is -0.322 e. The molecule has 0 fully saturated rings. The second kappa shape index (κ2) is 6.35. The summed E-state index contributed by atoms with van der Waals surface area (Å²) in [6, 6.07) is 12.3. The van der Waals surface area contributed by atoms with E-state index < -0.39 is 17.2 Å². The van der Waals surface area contributed by atoms with Crippen LogP contribution in [0.4, 0.5) is 20.4 Å². The van der Waals surface area contributed by atoms with E-state index in [1.54, 1.807) is 0 Å². The first kappa shape index (κ1) is 14.8. The third-order valence-electron chi connectivity index (χ3n) is 3.16. The molecule has 0 aliphatic heterocycles. The maximum atomic E-state index is 13.6. The van der Waals surface area contributed by atoms with Gasteiger partial charge in [0.1, 0.15) is 17.3 Å². The zero-order chi connectivity index (χ0) is 16.2. The molecule has 23 heavy (non-hydrogen) atoms. The molecule has 2 aromatic carbocycles. The average molecular weight is 314 g/mol. The number of anilines is 2. The largest absolute Gasteiger partial charge is 0.322 e. The van der Waals surface area contributed by atoms with Gasteiger partial charge in [-0.1, -0.05) is 30.3 Å². The van der Waals surface area contributed by atoms with Crippen LogP contribution in [0.1, 0.15) is 11.3 Å². The molecule has 2 N–H and O–H groups in total. The summed E-state index contributed by atoms with van der Waals surface area (Å²) < 4.78 is 26.7. The molecular formula is C16H12F2N4O. The summed E-state index contributed by atoms with van der Waals surface area (Å²) in [4.78, 5) is 14.5. The highest BCUT2D eigenvalue weighted by Gasteiger charge is 2.09. The molecule has 0 amide bonds. The van der Waals surface area contributed by atoms with Gasteiger partial charge in [0.05, 0.1) is 5.69 Å². The lowest BCUT2D eigenvalue weighted by atomic mass is 10.1. The number of aromatic nitrogens is 3. The lowest BCUT2D eigenvalue weighted by Crippen LogP contribution is -2.19. The number of hydrogen-bond acceptors (Lipinski definition) is 4. The summed E-state index contributed by atoms with van der Waals surface area (Å²) in [6.45, 7) is 0. The molecule has 1 aromatic heterocycles. The van der Waals surface area contributed by atoms with Gasteiger partial charge in [0.2, 0.25) is 5.95 Å². The van der Waals surface area contributed by atoms with E-state index in [1.165, 1.54) is 0 Å². The van der Waals surface area contributed by atoms with Crippen LogP contribution in [0.15, 0.2) is 53.3 Å². The fraction of sp³-hybridized carbons (Fsp3) is 0.0625. The molecule has 3 aromatic rings. The first-order valence-corrected chi connectivity index (χ1v) is 6.84. The molecule has 116 valence electrons. The van der Waals surface area contributed by atoms with Crippen molar-refractivity contribution in [2.24, 2.45) is 0 Å². The average Bonchev–Trinajstić information content (AvgIpc) is 2.54. The fourth-order valence-electron chi connectivity index (χ4n) is 2.04. The van der Waals surface area contributed by atoms with E-state index in [-0.39, 0.29) is 17.3 Å². The lowest BCUT2D eigenvalue weighted by molar-refractivity contribution is 0.603. The number of benzene rings is 2. The number of nitrogens with one attached hydrogen (secondary N) is 2. The van der Waals surface area contributed by atoms with E-state index in [9.17, 15) is 13.6 Å². The van der Waals surface area contributed by atoms with Crippen LogP contribution in [0.2, 0.25) is 0 Å². The van der Waals surface area contributed by atoms with E-state index in [0.717, 1.165) is 23.8 Å². The number of aromatic amines is 1. The standard InChI is InChI=1S/C16H12F2N4O/c17-11-6-7-12(18)13(9-11)19-16-20-15(23)14(21-22-16)8-10-4-2-1-3-5-10/h1-7,9H,8H2,(H2,19,20,22,23). The highest BCUT2D eigenvalue weighted by atomic mass is 19.1. The summed E-state index contributed by atoms with van der Waals surface area (Å²) in [7, 11) is 0. The maximum absolute atomic E-state index is 13.6. The summed E-state index contributed by atoms with van der Waals surface area (Å²) >= 11 is 0. The Morgan fingerprint density at radius 2 is 1.83 bits per heavy atom. The van der Waals surface area contributed by atoms with Crippen LogP contribution in [0.3, 0.4) is 0 Å². The normalized spacial score (nSPS) is 10.5. The van der Waals surface area contributed by atoms with Gasteiger partial charge in [-0.2, -0.15) is 0 Å². The summed E-state index contributed by atoms with van der Waals surface area (Å²) in [5.74, 6) is -1.33. The highest BCUT2D eigenvalue weighted by Crippen LogP contribution is 2.17. The first-order chi connectivity index (χ1) is 11.1. The Kier molecular flexibility index (Phi) is 4.09. The Morgan fingerprint density at radius 3 is 2.57 bits per heavy atom. The van der Waals surface area contributed by atoms with Crippen molar-refractivity contribution in [3.63, 3.8) is 0 Å². The van der Waals surface area contributed by atoms with Crippen molar-refractivity contribution in [2.75, 3.05) is 5.32 Å². The van der Waals surface area contributed by atoms with Crippen molar-refractivity contribution in [1.82, 2.24) is 15.2 Å². The van der Waals surface area contributed by atoms with Gasteiger partial charge in [-0.05, 0) is 17.7 Å². The van der Waals surface area contributed by atoms with Crippen LogP contribution < -0.4 is 10.9 Å². The van der Waals surface area contributed by atoms with Crippen LogP contribution >= 0.6 is 0 Å². The van der Waals surface area contributed by atoms with Crippen LogP contribution in [-0.4, -0.2) is 15.2 Å². The van der Waals surface area contributed by atoms with E-state index in [4.69, 9.17) is 0 Å². The SMILES string of the molecule is O=c1[nH]c(Nc2cc(F)ccc2F)nnc1Cc1ccccc1. The number of nitrogens with zero attached hydrogens (tertiary/aromatic N) is 2. The molecule has 0 radical (unpaired) electrons. The van der Waals surface area contributed by atoms with Crippen molar-refractivity contribution >= 4 is 11.6 Å². The third kappa shape index (κ3) is 3.57. The molecule has 7 heteroatoms. The number of hydrogen-bond donors (Lipinski definition) is 2. The highest BCUT2D eigenvalue weighted by molar-refractivity contribution is 5.53. The van der Waals surface area contributed by atoms with Crippen molar-refractivity contribution < 1.29 is 8.78 Å². The maximum Gasteiger partial charge on any atom is 0.274 e. The second-order valence-electron chi connectivity index (χ2n) is 4.86. The number of halogens is 2. The molecule has 0 atom stereocenters. The lowest BCUT2D eigenvalue weighted by Gasteiger charge is -2.06. The van der Waals surface area contributed by atoms with E-state index in [2.05, 4.69) is 20.5 Å². The summed E-state index contributed by atoms with van der Waals surface area (Å²) in [6.07, 6.45) is 0.331. The van der Waals surface area contributed by atoms with Gasteiger partial charge in [-0.3, -0.25) is 9.78 Å². The Morgan fingerprint density at radius 1 is 1.04 bits per heavy atom. The van der Waals surface area contributed by atoms with Gasteiger partial charge in [0.15, 0.2) is 0 Å². The van der Waals surface area contributed by atoms with E-state index in [0.29, 0.717) is 6.42 Å². The Balaban J connectivity index is 1.82. The molecule has 0 saturated carbocycles. The quantitative estimate of drug-likeness (QED) is 0.777. The van der Waals surface area contributed by atoms with Crippen molar-refractivity contribution in [2.45, 2.75) is 6.42 Å². The van der Waals surface area contributed by atoms with Gasteiger partial charge in [0, 0.05) is 12.5 Å². The number of rotatable bonds is 4. The van der Waals surface area contributed by atoms with Gasteiger partial charge in [0.25, 0.3) is 5.56 Å². The topological polar surface area (TPSA) is 70.7 Å². The molecule has 0 saturated heterocycles. The predicted octanol–water partition coefficient (Wildman–Crippen LogP) is 2.78. The van der Waals surface area contributed by atoms with Crippen LogP contribution in [0.25, 0.3) is 0 Å². The van der Waals surface area contributed by atoms with Crippen LogP contribution in [0.5, 0.6) is 0 Å². The Hall–Kier alpha value is -3.09. The molecule has 5 nitrogen and oxygen atoms in total. The molecule has 3 rings (SSSR count). The minimum absolute atomic E-state index is 0.0590. The molecule has 0 aliphatic carbocycles. The van der Waals surface area contributed by atoms with Crippen molar-refractivity contribution in [1.29, 1.82) is 0 Å². The monoisotopic (exact) mass is 314 g/mol. The Bertz CT molecular complexity index is 881. The third-order valence-corrected chi connectivity index (χ3v) is 3.16. The van der Waals surface area contributed by atoms with Gasteiger partial charge >= 0.3 is 0 Å². The van der Waals surface area contributed by atoms with Crippen molar-refractivity contribution in [3.8, 4) is 0 Å². The molecule has 0 bridgehead atoms. The van der Waals surface area contributed by atoms with Crippen LogP contribution in [-0.2, 0) is 6.42 Å². The van der Waals surface area contributed by atoms with Gasteiger partial charge in [-0.15, -0.1) is 10.2 Å². The zero-order valence-electron chi connectivity index (χ0n) is 11.9.